The molecule has 2 saturated heterocycles. The summed E-state index contributed by atoms with van der Waals surface area (Å²) in [5.41, 5.74) is 2.09. The van der Waals surface area contributed by atoms with Crippen LogP contribution in [-0.2, 0) is 6.18 Å². The van der Waals surface area contributed by atoms with Crippen LogP contribution >= 0.6 is 0 Å². The van der Waals surface area contributed by atoms with E-state index < -0.39 is 11.7 Å². The summed E-state index contributed by atoms with van der Waals surface area (Å²) in [6.45, 7) is 7.04. The molecule has 4 aromatic rings. The molecule has 9 nitrogen and oxygen atoms in total. The van der Waals surface area contributed by atoms with Gasteiger partial charge in [-0.3, -0.25) is 4.90 Å². The van der Waals surface area contributed by atoms with Crippen LogP contribution in [0.4, 0.5) is 24.8 Å². The summed E-state index contributed by atoms with van der Waals surface area (Å²) >= 11 is 0. The highest BCUT2D eigenvalue weighted by molar-refractivity contribution is 5.79. The van der Waals surface area contributed by atoms with Gasteiger partial charge in [0.1, 0.15) is 5.52 Å². The molecule has 6 rings (SSSR count). The zero-order valence-corrected chi connectivity index (χ0v) is 23.2. The van der Waals surface area contributed by atoms with E-state index in [1.165, 1.54) is 6.07 Å². The second-order valence-corrected chi connectivity index (χ2v) is 11.0. The van der Waals surface area contributed by atoms with Crippen molar-refractivity contribution in [2.75, 3.05) is 50.1 Å². The molecular formula is C28H34F3N9. The fourth-order valence-corrected chi connectivity index (χ4v) is 5.95. The molecule has 0 bridgehead atoms. The molecule has 12 heteroatoms. The molecule has 2 fully saturated rings. The molecular weight excluding hydrogens is 519 g/mol. The molecule has 2 aliphatic heterocycles. The van der Waals surface area contributed by atoms with E-state index in [9.17, 15) is 13.2 Å². The molecule has 3 aromatic heterocycles. The quantitative estimate of drug-likeness (QED) is 0.405. The van der Waals surface area contributed by atoms with Gasteiger partial charge in [-0.15, -0.1) is 10.2 Å². The topological polar surface area (TPSA) is 77.7 Å². The fourth-order valence-electron chi connectivity index (χ4n) is 5.95. The van der Waals surface area contributed by atoms with E-state index >= 15 is 0 Å². The van der Waals surface area contributed by atoms with E-state index in [-0.39, 0.29) is 5.69 Å². The number of fused-ring (bicyclic) bond motifs is 3. The van der Waals surface area contributed by atoms with Crippen LogP contribution in [0.3, 0.4) is 0 Å². The minimum Gasteiger partial charge on any atom is -0.371 e. The van der Waals surface area contributed by atoms with Crippen LogP contribution in [0.25, 0.3) is 28.1 Å². The molecule has 1 aromatic carbocycles. The van der Waals surface area contributed by atoms with Crippen LogP contribution in [0, 0.1) is 0 Å². The van der Waals surface area contributed by atoms with E-state index in [0.29, 0.717) is 65.2 Å². The normalized spacial score (nSPS) is 21.6. The lowest BCUT2D eigenvalue weighted by Crippen LogP contribution is -2.55. The average molecular weight is 554 g/mol. The third-order valence-corrected chi connectivity index (χ3v) is 8.54. The molecule has 2 aliphatic rings. The molecule has 5 heterocycles. The number of likely N-dealkylation sites (N-methyl/N-ethyl adjacent to an activating group) is 1. The minimum absolute atomic E-state index is 0.218. The van der Waals surface area contributed by atoms with Gasteiger partial charge in [-0.1, -0.05) is 6.07 Å². The molecule has 1 N–H and O–H groups in total. The van der Waals surface area contributed by atoms with Gasteiger partial charge >= 0.3 is 6.18 Å². The number of rotatable bonds is 4. The van der Waals surface area contributed by atoms with Gasteiger partial charge in [0.2, 0.25) is 5.95 Å². The lowest BCUT2D eigenvalue weighted by molar-refractivity contribution is -0.137. The predicted molar refractivity (Wildman–Crippen MR) is 150 cm³/mol. The number of piperidine rings is 1. The minimum atomic E-state index is -4.49. The van der Waals surface area contributed by atoms with Crippen LogP contribution in [0.1, 0.15) is 32.3 Å². The first-order chi connectivity index (χ1) is 19.1. The Morgan fingerprint density at radius 3 is 2.35 bits per heavy atom. The van der Waals surface area contributed by atoms with Crippen molar-refractivity contribution in [3.63, 3.8) is 0 Å². The largest absolute Gasteiger partial charge is 0.418 e. The van der Waals surface area contributed by atoms with Crippen molar-refractivity contribution in [3.8, 4) is 11.3 Å². The van der Waals surface area contributed by atoms with Crippen LogP contribution in [-0.4, -0.2) is 87.9 Å². The molecule has 0 spiro atoms. The lowest BCUT2D eigenvalue weighted by atomic mass is 10.0. The zero-order chi connectivity index (χ0) is 28.2. The third kappa shape index (κ3) is 4.72. The molecule has 2 atom stereocenters. The Kier molecular flexibility index (Phi) is 6.78. The predicted octanol–water partition coefficient (Wildman–Crippen LogP) is 4.08. The van der Waals surface area contributed by atoms with Crippen LogP contribution < -0.4 is 15.1 Å². The Balaban J connectivity index is 1.41. The number of aromatic nitrogens is 5. The number of alkyl halides is 3. The Morgan fingerprint density at radius 1 is 0.950 bits per heavy atom. The van der Waals surface area contributed by atoms with Crippen molar-refractivity contribution >= 4 is 28.4 Å². The molecule has 0 unspecified atom stereocenters. The van der Waals surface area contributed by atoms with Gasteiger partial charge in [0.05, 0.1) is 17.5 Å². The molecule has 40 heavy (non-hydrogen) atoms. The number of nitrogens with zero attached hydrogens (tertiary/aromatic N) is 8. The summed E-state index contributed by atoms with van der Waals surface area (Å²) in [4.78, 5) is 15.7. The van der Waals surface area contributed by atoms with Crippen molar-refractivity contribution in [2.45, 2.75) is 51.0 Å². The van der Waals surface area contributed by atoms with Crippen LogP contribution in [0.2, 0.25) is 0 Å². The lowest BCUT2D eigenvalue weighted by Gasteiger charge is -2.42. The van der Waals surface area contributed by atoms with E-state index in [2.05, 4.69) is 51.2 Å². The summed E-state index contributed by atoms with van der Waals surface area (Å²) in [5, 5.41) is 12.0. The van der Waals surface area contributed by atoms with Crippen molar-refractivity contribution in [1.29, 1.82) is 0 Å². The van der Waals surface area contributed by atoms with E-state index in [1.54, 1.807) is 30.5 Å². The number of nitrogens with one attached hydrogen (secondary N) is 1. The first kappa shape index (κ1) is 26.7. The van der Waals surface area contributed by atoms with Gasteiger partial charge in [0, 0.05) is 55.6 Å². The highest BCUT2D eigenvalue weighted by Crippen LogP contribution is 2.40. The van der Waals surface area contributed by atoms with Gasteiger partial charge in [0.15, 0.2) is 11.3 Å². The number of hydrogen-bond acceptors (Lipinski definition) is 8. The Hall–Kier alpha value is -3.51. The second-order valence-electron chi connectivity index (χ2n) is 11.0. The zero-order valence-electron chi connectivity index (χ0n) is 23.2. The summed E-state index contributed by atoms with van der Waals surface area (Å²) in [7, 11) is 4.01. The molecule has 0 saturated carbocycles. The van der Waals surface area contributed by atoms with Crippen molar-refractivity contribution < 1.29 is 13.2 Å². The van der Waals surface area contributed by atoms with Crippen LogP contribution in [0.15, 0.2) is 36.5 Å². The first-order valence-corrected chi connectivity index (χ1v) is 13.8. The SMILES string of the molecule is CNC1CCN(c2ccc(-c3ccc4ncc5nnc(N6C[C@@H](C)N(C)[C@@H](C)C6)n5c4n3)cc2C(F)(F)F)CC1. The third-order valence-electron chi connectivity index (χ3n) is 8.54. The molecule has 0 aliphatic carbocycles. The van der Waals surface area contributed by atoms with Gasteiger partial charge in [-0.05, 0) is 65.0 Å². The van der Waals surface area contributed by atoms with E-state index in [1.807, 2.05) is 16.3 Å². The maximum atomic E-state index is 14.3. The second kappa shape index (κ2) is 10.2. The Labute approximate surface area is 231 Å². The van der Waals surface area contributed by atoms with Crippen molar-refractivity contribution in [2.24, 2.45) is 0 Å². The van der Waals surface area contributed by atoms with Crippen molar-refractivity contribution in [3.05, 3.63) is 42.1 Å². The number of piperazine rings is 1. The Bertz CT molecular complexity index is 1520. The summed E-state index contributed by atoms with van der Waals surface area (Å²) in [5.74, 6) is 0.662. The van der Waals surface area contributed by atoms with Crippen molar-refractivity contribution in [1.82, 2.24) is 34.8 Å². The van der Waals surface area contributed by atoms with Gasteiger partial charge in [0.25, 0.3) is 0 Å². The standard InChI is InChI=1S/C28H34F3N9/c1-17-15-39(16-18(2)37(17)4)27-36-35-25-14-33-23-7-6-22(34-26(23)40(25)27)19-5-8-24(21(13-19)28(29,30)31)38-11-9-20(32-3)10-12-38/h5-8,13-14,17-18,20,32H,9-12,15-16H2,1-4H3/t17-,18+. The smallest absolute Gasteiger partial charge is 0.371 e. The summed E-state index contributed by atoms with van der Waals surface area (Å²) < 4.78 is 44.8. The Morgan fingerprint density at radius 2 is 1.68 bits per heavy atom. The maximum Gasteiger partial charge on any atom is 0.418 e. The first-order valence-electron chi connectivity index (χ1n) is 13.8. The highest BCUT2D eigenvalue weighted by atomic mass is 19.4. The number of halogens is 3. The molecule has 0 radical (unpaired) electrons. The van der Waals surface area contributed by atoms with E-state index in [4.69, 9.17) is 4.98 Å². The van der Waals surface area contributed by atoms with Gasteiger partial charge < -0.3 is 15.1 Å². The van der Waals surface area contributed by atoms with Gasteiger partial charge in [-0.2, -0.15) is 13.2 Å². The van der Waals surface area contributed by atoms with Crippen LogP contribution in [0.5, 0.6) is 0 Å². The average Bonchev–Trinajstić information content (AvgIpc) is 3.39. The number of benzene rings is 1. The highest BCUT2D eigenvalue weighted by Gasteiger charge is 2.36. The molecule has 212 valence electrons. The monoisotopic (exact) mass is 553 g/mol. The number of hydrogen-bond donors (Lipinski definition) is 1. The number of anilines is 2. The van der Waals surface area contributed by atoms with Gasteiger partial charge in [-0.25, -0.2) is 14.4 Å². The summed E-state index contributed by atoms with van der Waals surface area (Å²) in [6.07, 6.45) is -1.24. The summed E-state index contributed by atoms with van der Waals surface area (Å²) in [6, 6.07) is 9.01. The molecule has 0 amide bonds. The number of pyridine rings is 1. The fraction of sp³-hybridized carbons (Fsp3) is 0.500. The van der Waals surface area contributed by atoms with E-state index in [0.717, 1.165) is 25.9 Å². The maximum absolute atomic E-state index is 14.3.